The van der Waals surface area contributed by atoms with Crippen LogP contribution in [0.1, 0.15) is 16.1 Å². The fourth-order valence-electron chi connectivity index (χ4n) is 1.34. The van der Waals surface area contributed by atoms with Gasteiger partial charge in [-0.25, -0.2) is 0 Å². The Hall–Kier alpha value is -2.63. The van der Waals surface area contributed by atoms with Crippen LogP contribution >= 0.6 is 0 Å². The van der Waals surface area contributed by atoms with Crippen LogP contribution in [0.3, 0.4) is 0 Å². The van der Waals surface area contributed by atoms with Crippen molar-refractivity contribution in [1.82, 2.24) is 10.2 Å². The molecule has 2 rings (SSSR count). The van der Waals surface area contributed by atoms with Gasteiger partial charge in [0, 0.05) is 11.8 Å². The molecule has 0 spiro atoms. The maximum absolute atomic E-state index is 10.8. The summed E-state index contributed by atoms with van der Waals surface area (Å²) >= 11 is 0. The van der Waals surface area contributed by atoms with Gasteiger partial charge in [-0.1, -0.05) is 0 Å². The van der Waals surface area contributed by atoms with E-state index < -0.39 is 5.91 Å². The topological polar surface area (TPSA) is 104 Å². The molecule has 0 unspecified atom stereocenters. The average Bonchev–Trinajstić information content (AvgIpc) is 2.34. The first kappa shape index (κ1) is 11.8. The predicted molar refractivity (Wildman–Crippen MR) is 66.2 cm³/mol. The number of aromatic nitrogens is 2. The van der Waals surface area contributed by atoms with E-state index in [1.807, 2.05) is 6.92 Å². The van der Waals surface area contributed by atoms with Crippen molar-refractivity contribution in [3.8, 4) is 11.6 Å². The van der Waals surface area contributed by atoms with Gasteiger partial charge in [0.05, 0.1) is 0 Å². The van der Waals surface area contributed by atoms with Crippen LogP contribution in [0.15, 0.2) is 30.3 Å². The summed E-state index contributed by atoms with van der Waals surface area (Å²) in [5.74, 6) is 0.254. The Balaban J connectivity index is 2.18. The van der Waals surface area contributed by atoms with Gasteiger partial charge in [-0.2, -0.15) is 0 Å². The second kappa shape index (κ2) is 4.70. The number of rotatable bonds is 3. The standard InChI is InChI=1S/C12H12N4O2/c1-7-6-8(2-3-9(7)13)18-11-5-4-10(12(14)17)15-16-11/h2-6H,13H2,1H3,(H2,14,17). The lowest BCUT2D eigenvalue weighted by molar-refractivity contribution is 0.0994. The van der Waals surface area contributed by atoms with Crippen LogP contribution in [-0.2, 0) is 0 Å². The third kappa shape index (κ3) is 2.54. The summed E-state index contributed by atoms with van der Waals surface area (Å²) < 4.78 is 5.47. The molecule has 0 atom stereocenters. The van der Waals surface area contributed by atoms with E-state index >= 15 is 0 Å². The minimum atomic E-state index is -0.627. The van der Waals surface area contributed by atoms with Gasteiger partial charge >= 0.3 is 0 Å². The van der Waals surface area contributed by atoms with Crippen molar-refractivity contribution in [1.29, 1.82) is 0 Å². The van der Waals surface area contributed by atoms with Crippen molar-refractivity contribution < 1.29 is 9.53 Å². The molecule has 0 radical (unpaired) electrons. The minimum absolute atomic E-state index is 0.0934. The van der Waals surface area contributed by atoms with Gasteiger partial charge in [0.25, 0.3) is 5.91 Å². The van der Waals surface area contributed by atoms with Crippen LogP contribution in [0.25, 0.3) is 0 Å². The molecule has 0 aliphatic heterocycles. The molecule has 1 amide bonds. The van der Waals surface area contributed by atoms with Gasteiger partial charge in [0.1, 0.15) is 5.75 Å². The first-order valence-electron chi connectivity index (χ1n) is 5.24. The highest BCUT2D eigenvalue weighted by Crippen LogP contribution is 2.22. The number of hydrogen-bond acceptors (Lipinski definition) is 5. The molecule has 1 aromatic heterocycles. The highest BCUT2D eigenvalue weighted by molar-refractivity contribution is 5.90. The van der Waals surface area contributed by atoms with Crippen LogP contribution in [-0.4, -0.2) is 16.1 Å². The number of ether oxygens (including phenoxy) is 1. The molecule has 18 heavy (non-hydrogen) atoms. The second-order valence-corrected chi connectivity index (χ2v) is 3.74. The fraction of sp³-hybridized carbons (Fsp3) is 0.0833. The lowest BCUT2D eigenvalue weighted by Gasteiger charge is -2.06. The van der Waals surface area contributed by atoms with Crippen molar-refractivity contribution >= 4 is 11.6 Å². The number of anilines is 1. The van der Waals surface area contributed by atoms with E-state index in [-0.39, 0.29) is 11.6 Å². The Morgan fingerprint density at radius 2 is 2.00 bits per heavy atom. The molecule has 0 bridgehead atoms. The summed E-state index contributed by atoms with van der Waals surface area (Å²) in [4.78, 5) is 10.8. The molecule has 2 aromatic rings. The number of carbonyl (C=O) groups is 1. The van der Waals surface area contributed by atoms with Crippen molar-refractivity contribution in [2.45, 2.75) is 6.92 Å². The lowest BCUT2D eigenvalue weighted by Crippen LogP contribution is -2.13. The molecule has 6 nitrogen and oxygen atoms in total. The Kier molecular flexibility index (Phi) is 3.09. The summed E-state index contributed by atoms with van der Waals surface area (Å²) in [5.41, 5.74) is 12.5. The van der Waals surface area contributed by atoms with Crippen molar-refractivity contribution in [2.24, 2.45) is 5.73 Å². The maximum Gasteiger partial charge on any atom is 0.269 e. The number of nitrogen functional groups attached to an aromatic ring is 1. The molecular formula is C12H12N4O2. The molecule has 0 aliphatic carbocycles. The molecule has 0 fully saturated rings. The Morgan fingerprint density at radius 1 is 1.22 bits per heavy atom. The van der Waals surface area contributed by atoms with Gasteiger partial charge in [-0.3, -0.25) is 4.79 Å². The maximum atomic E-state index is 10.8. The zero-order chi connectivity index (χ0) is 13.1. The molecule has 0 saturated heterocycles. The molecule has 0 saturated carbocycles. The van der Waals surface area contributed by atoms with Crippen molar-refractivity contribution in [2.75, 3.05) is 5.73 Å². The molecule has 6 heteroatoms. The van der Waals surface area contributed by atoms with E-state index in [4.69, 9.17) is 16.2 Å². The smallest absolute Gasteiger partial charge is 0.269 e. The quantitative estimate of drug-likeness (QED) is 0.791. The Morgan fingerprint density at radius 3 is 2.56 bits per heavy atom. The summed E-state index contributed by atoms with van der Waals surface area (Å²) in [6, 6.07) is 8.24. The van der Waals surface area contributed by atoms with Crippen LogP contribution in [0.2, 0.25) is 0 Å². The summed E-state index contributed by atoms with van der Waals surface area (Å²) in [6.45, 7) is 1.88. The molecule has 92 valence electrons. The number of nitrogens with zero attached hydrogens (tertiary/aromatic N) is 2. The highest BCUT2D eigenvalue weighted by Gasteiger charge is 2.05. The third-order valence-corrected chi connectivity index (χ3v) is 2.36. The molecule has 0 aliphatic rings. The zero-order valence-electron chi connectivity index (χ0n) is 9.75. The molecular weight excluding hydrogens is 232 g/mol. The summed E-state index contributed by atoms with van der Waals surface area (Å²) in [6.07, 6.45) is 0. The van der Waals surface area contributed by atoms with Crippen LogP contribution < -0.4 is 16.2 Å². The normalized spacial score (nSPS) is 10.1. The lowest BCUT2D eigenvalue weighted by atomic mass is 10.2. The van der Waals surface area contributed by atoms with Crippen LogP contribution in [0, 0.1) is 6.92 Å². The van der Waals surface area contributed by atoms with E-state index in [2.05, 4.69) is 10.2 Å². The van der Waals surface area contributed by atoms with Crippen LogP contribution in [0.5, 0.6) is 11.6 Å². The average molecular weight is 244 g/mol. The Bertz CT molecular complexity index is 581. The first-order valence-corrected chi connectivity index (χ1v) is 5.24. The summed E-state index contributed by atoms with van der Waals surface area (Å²) in [5, 5.41) is 7.38. The van der Waals surface area contributed by atoms with Gasteiger partial charge in [-0.15, -0.1) is 10.2 Å². The number of primary amides is 1. The molecule has 1 heterocycles. The van der Waals surface area contributed by atoms with E-state index in [0.717, 1.165) is 5.56 Å². The Labute approximate surface area is 104 Å². The van der Waals surface area contributed by atoms with Crippen molar-refractivity contribution in [3.05, 3.63) is 41.6 Å². The van der Waals surface area contributed by atoms with E-state index in [1.54, 1.807) is 18.2 Å². The van der Waals surface area contributed by atoms with Crippen molar-refractivity contribution in [3.63, 3.8) is 0 Å². The largest absolute Gasteiger partial charge is 0.438 e. The third-order valence-electron chi connectivity index (χ3n) is 2.36. The SMILES string of the molecule is Cc1cc(Oc2ccc(C(N)=O)nn2)ccc1N. The predicted octanol–water partition coefficient (Wildman–Crippen LogP) is 1.26. The number of carbonyl (C=O) groups excluding carboxylic acids is 1. The number of hydrogen-bond donors (Lipinski definition) is 2. The number of benzene rings is 1. The van der Waals surface area contributed by atoms with Gasteiger partial charge in [0.2, 0.25) is 5.88 Å². The summed E-state index contributed by atoms with van der Waals surface area (Å²) in [7, 11) is 0. The number of aryl methyl sites for hydroxylation is 1. The van der Waals surface area contributed by atoms with Gasteiger partial charge in [0.15, 0.2) is 5.69 Å². The monoisotopic (exact) mass is 244 g/mol. The zero-order valence-corrected chi connectivity index (χ0v) is 9.75. The van der Waals surface area contributed by atoms with Crippen LogP contribution in [0.4, 0.5) is 5.69 Å². The van der Waals surface area contributed by atoms with E-state index in [0.29, 0.717) is 11.4 Å². The van der Waals surface area contributed by atoms with Gasteiger partial charge < -0.3 is 16.2 Å². The first-order chi connectivity index (χ1) is 8.56. The fourth-order valence-corrected chi connectivity index (χ4v) is 1.34. The van der Waals surface area contributed by atoms with E-state index in [9.17, 15) is 4.79 Å². The molecule has 1 aromatic carbocycles. The molecule has 4 N–H and O–H groups in total. The highest BCUT2D eigenvalue weighted by atomic mass is 16.5. The van der Waals surface area contributed by atoms with E-state index in [1.165, 1.54) is 12.1 Å². The number of amides is 1. The minimum Gasteiger partial charge on any atom is -0.438 e. The van der Waals surface area contributed by atoms with Gasteiger partial charge in [-0.05, 0) is 36.8 Å². The number of nitrogens with two attached hydrogens (primary N) is 2. The second-order valence-electron chi connectivity index (χ2n) is 3.74.